The standard InChI is InChI=1S/C18H22N2/c1-14-9-10-15(13-20-14)17(19)18(11-5-6-12-18)16-7-3-2-4-8-16/h2-4,7-10,13,17H,5-6,11-12,19H2,1H3. The van der Waals surface area contributed by atoms with Crippen molar-refractivity contribution in [2.24, 2.45) is 5.73 Å². The predicted molar refractivity (Wildman–Crippen MR) is 82.5 cm³/mol. The summed E-state index contributed by atoms with van der Waals surface area (Å²) in [6.07, 6.45) is 6.82. The third kappa shape index (κ3) is 2.25. The number of nitrogens with zero attached hydrogens (tertiary/aromatic N) is 1. The number of aromatic nitrogens is 1. The van der Waals surface area contributed by atoms with Crippen molar-refractivity contribution in [2.75, 3.05) is 0 Å². The molecule has 1 heterocycles. The molecule has 1 unspecified atom stereocenters. The molecule has 0 bridgehead atoms. The average Bonchev–Trinajstić information content (AvgIpc) is 2.99. The van der Waals surface area contributed by atoms with Gasteiger partial charge in [-0.2, -0.15) is 0 Å². The zero-order valence-electron chi connectivity index (χ0n) is 12.0. The summed E-state index contributed by atoms with van der Waals surface area (Å²) in [4.78, 5) is 4.42. The molecule has 2 N–H and O–H groups in total. The number of aryl methyl sites for hydroxylation is 1. The van der Waals surface area contributed by atoms with E-state index in [1.807, 2.05) is 13.1 Å². The molecule has 0 saturated heterocycles. The van der Waals surface area contributed by atoms with E-state index in [1.165, 1.54) is 31.2 Å². The third-order valence-corrected chi connectivity index (χ3v) is 4.73. The first kappa shape index (κ1) is 13.3. The Kier molecular flexibility index (Phi) is 3.58. The second-order valence-corrected chi connectivity index (χ2v) is 5.94. The molecule has 1 saturated carbocycles. The van der Waals surface area contributed by atoms with Crippen molar-refractivity contribution in [3.63, 3.8) is 0 Å². The van der Waals surface area contributed by atoms with Crippen LogP contribution in [-0.4, -0.2) is 4.98 Å². The van der Waals surface area contributed by atoms with Crippen molar-refractivity contribution in [2.45, 2.75) is 44.1 Å². The van der Waals surface area contributed by atoms with Gasteiger partial charge in [-0.05, 0) is 37.0 Å². The number of pyridine rings is 1. The van der Waals surface area contributed by atoms with Crippen LogP contribution in [0.1, 0.15) is 48.5 Å². The smallest absolute Gasteiger partial charge is 0.0408 e. The van der Waals surface area contributed by atoms with Crippen LogP contribution in [0.3, 0.4) is 0 Å². The lowest BCUT2D eigenvalue weighted by molar-refractivity contribution is 0.356. The van der Waals surface area contributed by atoms with E-state index in [2.05, 4.69) is 47.4 Å². The SMILES string of the molecule is Cc1ccc(C(N)C2(c3ccccc3)CCCC2)cn1. The molecule has 3 rings (SSSR count). The van der Waals surface area contributed by atoms with Crippen molar-refractivity contribution in [3.05, 3.63) is 65.5 Å². The third-order valence-electron chi connectivity index (χ3n) is 4.73. The molecule has 1 aromatic heterocycles. The minimum atomic E-state index is 0.0282. The summed E-state index contributed by atoms with van der Waals surface area (Å²) in [7, 11) is 0. The molecule has 0 spiro atoms. The van der Waals surface area contributed by atoms with Gasteiger partial charge in [0.15, 0.2) is 0 Å². The number of hydrogen-bond donors (Lipinski definition) is 1. The van der Waals surface area contributed by atoms with Gasteiger partial charge in [-0.25, -0.2) is 0 Å². The van der Waals surface area contributed by atoms with Crippen molar-refractivity contribution in [1.29, 1.82) is 0 Å². The first-order chi connectivity index (χ1) is 9.72. The molecule has 0 amide bonds. The Bertz CT molecular complexity index is 554. The van der Waals surface area contributed by atoms with Gasteiger partial charge < -0.3 is 5.73 Å². The Hall–Kier alpha value is -1.67. The van der Waals surface area contributed by atoms with Crippen LogP contribution < -0.4 is 5.73 Å². The fourth-order valence-corrected chi connectivity index (χ4v) is 3.54. The molecular weight excluding hydrogens is 244 g/mol. The van der Waals surface area contributed by atoms with Gasteiger partial charge in [-0.3, -0.25) is 4.98 Å². The fourth-order valence-electron chi connectivity index (χ4n) is 3.54. The van der Waals surface area contributed by atoms with E-state index in [1.54, 1.807) is 0 Å². The van der Waals surface area contributed by atoms with Gasteiger partial charge >= 0.3 is 0 Å². The van der Waals surface area contributed by atoms with Gasteiger partial charge in [0, 0.05) is 23.3 Å². The van der Waals surface area contributed by atoms with Crippen molar-refractivity contribution >= 4 is 0 Å². The predicted octanol–water partition coefficient (Wildman–Crippen LogP) is 3.90. The van der Waals surface area contributed by atoms with Gasteiger partial charge in [0.05, 0.1) is 0 Å². The van der Waals surface area contributed by atoms with E-state index in [-0.39, 0.29) is 11.5 Å². The van der Waals surface area contributed by atoms with Gasteiger partial charge in [0.25, 0.3) is 0 Å². The van der Waals surface area contributed by atoms with Crippen molar-refractivity contribution in [3.8, 4) is 0 Å². The highest BCUT2D eigenvalue weighted by Crippen LogP contribution is 2.48. The van der Waals surface area contributed by atoms with Gasteiger partial charge in [-0.1, -0.05) is 49.2 Å². The maximum atomic E-state index is 6.68. The highest BCUT2D eigenvalue weighted by Gasteiger charge is 2.41. The summed E-state index contributed by atoms with van der Waals surface area (Å²) in [6, 6.07) is 15.0. The van der Waals surface area contributed by atoms with Crippen LogP contribution in [0.5, 0.6) is 0 Å². The minimum Gasteiger partial charge on any atom is -0.323 e. The molecule has 1 fully saturated rings. The maximum absolute atomic E-state index is 6.68. The molecule has 0 aliphatic heterocycles. The lowest BCUT2D eigenvalue weighted by Crippen LogP contribution is -2.36. The van der Waals surface area contributed by atoms with Crippen LogP contribution in [0.4, 0.5) is 0 Å². The Balaban J connectivity index is 2.00. The van der Waals surface area contributed by atoms with E-state index in [0.29, 0.717) is 0 Å². The monoisotopic (exact) mass is 266 g/mol. The normalized spacial score (nSPS) is 18.9. The molecule has 1 aliphatic carbocycles. The highest BCUT2D eigenvalue weighted by atomic mass is 14.7. The van der Waals surface area contributed by atoms with Gasteiger partial charge in [0.1, 0.15) is 0 Å². The Morgan fingerprint density at radius 1 is 1.05 bits per heavy atom. The van der Waals surface area contributed by atoms with Crippen LogP contribution in [0, 0.1) is 6.92 Å². The molecular formula is C18H22N2. The number of hydrogen-bond acceptors (Lipinski definition) is 2. The second-order valence-electron chi connectivity index (χ2n) is 5.94. The van der Waals surface area contributed by atoms with Crippen LogP contribution in [0.2, 0.25) is 0 Å². The first-order valence-electron chi connectivity index (χ1n) is 7.46. The molecule has 104 valence electrons. The van der Waals surface area contributed by atoms with E-state index >= 15 is 0 Å². The minimum absolute atomic E-state index is 0.0282. The quantitative estimate of drug-likeness (QED) is 0.915. The fraction of sp³-hybridized carbons (Fsp3) is 0.389. The average molecular weight is 266 g/mol. The summed E-state index contributed by atoms with van der Waals surface area (Å²) >= 11 is 0. The number of nitrogens with two attached hydrogens (primary N) is 1. The summed E-state index contributed by atoms with van der Waals surface area (Å²) in [5.74, 6) is 0. The molecule has 1 aromatic carbocycles. The van der Waals surface area contributed by atoms with E-state index < -0.39 is 0 Å². The van der Waals surface area contributed by atoms with Crippen LogP contribution in [0.15, 0.2) is 48.7 Å². The zero-order valence-corrected chi connectivity index (χ0v) is 12.0. The lowest BCUT2D eigenvalue weighted by Gasteiger charge is -2.36. The number of benzene rings is 1. The van der Waals surface area contributed by atoms with Crippen molar-refractivity contribution in [1.82, 2.24) is 4.98 Å². The largest absolute Gasteiger partial charge is 0.323 e. The highest BCUT2D eigenvalue weighted by molar-refractivity contribution is 5.33. The second kappa shape index (κ2) is 5.37. The maximum Gasteiger partial charge on any atom is 0.0408 e. The van der Waals surface area contributed by atoms with E-state index in [9.17, 15) is 0 Å². The molecule has 2 nitrogen and oxygen atoms in total. The molecule has 2 aromatic rings. The summed E-state index contributed by atoms with van der Waals surface area (Å²) in [5, 5.41) is 0. The first-order valence-corrected chi connectivity index (χ1v) is 7.46. The number of rotatable bonds is 3. The van der Waals surface area contributed by atoms with Crippen molar-refractivity contribution < 1.29 is 0 Å². The lowest BCUT2D eigenvalue weighted by atomic mass is 9.71. The van der Waals surface area contributed by atoms with E-state index in [4.69, 9.17) is 5.73 Å². The van der Waals surface area contributed by atoms with Crippen LogP contribution >= 0.6 is 0 Å². The molecule has 20 heavy (non-hydrogen) atoms. The molecule has 2 heteroatoms. The summed E-state index contributed by atoms with van der Waals surface area (Å²) < 4.78 is 0. The van der Waals surface area contributed by atoms with Crippen LogP contribution in [-0.2, 0) is 5.41 Å². The molecule has 0 radical (unpaired) electrons. The Labute approximate surface area is 121 Å². The topological polar surface area (TPSA) is 38.9 Å². The molecule has 1 atom stereocenters. The van der Waals surface area contributed by atoms with Crippen LogP contribution in [0.25, 0.3) is 0 Å². The van der Waals surface area contributed by atoms with Gasteiger partial charge in [0.2, 0.25) is 0 Å². The Morgan fingerprint density at radius 2 is 1.75 bits per heavy atom. The molecule has 1 aliphatic rings. The zero-order chi connectivity index (χ0) is 14.0. The van der Waals surface area contributed by atoms with Gasteiger partial charge in [-0.15, -0.1) is 0 Å². The van der Waals surface area contributed by atoms with E-state index in [0.717, 1.165) is 11.3 Å². The Morgan fingerprint density at radius 3 is 2.35 bits per heavy atom. The summed E-state index contributed by atoms with van der Waals surface area (Å²) in [5.41, 5.74) is 10.3. The summed E-state index contributed by atoms with van der Waals surface area (Å²) in [6.45, 7) is 2.01.